The molecule has 1 heterocycles. The number of rotatable bonds is 5. The summed E-state index contributed by atoms with van der Waals surface area (Å²) < 4.78 is 9.88. The molecule has 0 amide bonds. The van der Waals surface area contributed by atoms with Crippen molar-refractivity contribution in [3.8, 4) is 0 Å². The van der Waals surface area contributed by atoms with Gasteiger partial charge in [0, 0.05) is 20.1 Å². The lowest BCUT2D eigenvalue weighted by Crippen LogP contribution is -2.14. The minimum atomic E-state index is -0.361. The van der Waals surface area contributed by atoms with E-state index in [9.17, 15) is 0 Å². The van der Waals surface area contributed by atoms with Crippen LogP contribution in [0.4, 0.5) is 0 Å². The number of aromatic nitrogens is 2. The van der Waals surface area contributed by atoms with E-state index in [1.54, 1.807) is 0 Å². The number of aliphatic hydroxyl groups is 1. The van der Waals surface area contributed by atoms with Crippen molar-refractivity contribution in [1.29, 1.82) is 0 Å². The SMILES string of the molecule is COC(CN)c1nc(CCO)no1. The highest BCUT2D eigenvalue weighted by Crippen LogP contribution is 2.12. The minimum Gasteiger partial charge on any atom is -0.396 e. The zero-order chi connectivity index (χ0) is 9.68. The quantitative estimate of drug-likeness (QED) is 0.629. The molecule has 1 aromatic rings. The third kappa shape index (κ3) is 2.48. The summed E-state index contributed by atoms with van der Waals surface area (Å²) in [5.41, 5.74) is 5.40. The van der Waals surface area contributed by atoms with Crippen molar-refractivity contribution in [2.75, 3.05) is 20.3 Å². The zero-order valence-corrected chi connectivity index (χ0v) is 7.43. The van der Waals surface area contributed by atoms with Crippen LogP contribution in [0, 0.1) is 0 Å². The summed E-state index contributed by atoms with van der Waals surface area (Å²) in [5, 5.41) is 12.2. The Hall–Kier alpha value is -0.980. The van der Waals surface area contributed by atoms with E-state index in [1.165, 1.54) is 7.11 Å². The average Bonchev–Trinajstić information content (AvgIpc) is 2.56. The van der Waals surface area contributed by atoms with Gasteiger partial charge < -0.3 is 20.1 Å². The minimum absolute atomic E-state index is 0.000747. The predicted octanol–water partition coefficient (Wildman–Crippen LogP) is -0.749. The first kappa shape index (κ1) is 10.1. The Kier molecular flexibility index (Phi) is 3.81. The normalized spacial score (nSPS) is 13.2. The molecule has 0 aliphatic rings. The van der Waals surface area contributed by atoms with Crippen LogP contribution >= 0.6 is 0 Å². The van der Waals surface area contributed by atoms with Crippen LogP contribution in [0.15, 0.2) is 4.52 Å². The van der Waals surface area contributed by atoms with E-state index in [2.05, 4.69) is 10.1 Å². The van der Waals surface area contributed by atoms with Crippen LogP contribution in [0.5, 0.6) is 0 Å². The highest BCUT2D eigenvalue weighted by molar-refractivity contribution is 4.90. The van der Waals surface area contributed by atoms with E-state index in [0.29, 0.717) is 18.1 Å². The van der Waals surface area contributed by atoms with Crippen LogP contribution in [0.3, 0.4) is 0 Å². The molecule has 6 nitrogen and oxygen atoms in total. The van der Waals surface area contributed by atoms with Gasteiger partial charge in [-0.05, 0) is 0 Å². The Morgan fingerprint density at radius 2 is 2.46 bits per heavy atom. The molecule has 1 aromatic heterocycles. The molecule has 0 fully saturated rings. The van der Waals surface area contributed by atoms with E-state index < -0.39 is 0 Å². The molecule has 13 heavy (non-hydrogen) atoms. The molecule has 0 aromatic carbocycles. The van der Waals surface area contributed by atoms with Gasteiger partial charge in [0.15, 0.2) is 5.82 Å². The molecule has 0 aliphatic carbocycles. The van der Waals surface area contributed by atoms with Crippen molar-refractivity contribution in [2.45, 2.75) is 12.5 Å². The highest BCUT2D eigenvalue weighted by Gasteiger charge is 2.16. The number of aliphatic hydroxyl groups excluding tert-OH is 1. The van der Waals surface area contributed by atoms with Gasteiger partial charge in [-0.1, -0.05) is 5.16 Å². The first-order valence-electron chi connectivity index (χ1n) is 3.98. The maximum Gasteiger partial charge on any atom is 0.257 e. The molecule has 0 spiro atoms. The maximum absolute atomic E-state index is 8.60. The predicted molar refractivity (Wildman–Crippen MR) is 43.9 cm³/mol. The summed E-state index contributed by atoms with van der Waals surface area (Å²) in [5.74, 6) is 0.821. The lowest BCUT2D eigenvalue weighted by atomic mass is 10.3. The Morgan fingerprint density at radius 1 is 1.69 bits per heavy atom. The second kappa shape index (κ2) is 4.90. The number of nitrogens with zero attached hydrogens (tertiary/aromatic N) is 2. The smallest absolute Gasteiger partial charge is 0.257 e. The van der Waals surface area contributed by atoms with Crippen molar-refractivity contribution < 1.29 is 14.4 Å². The van der Waals surface area contributed by atoms with Gasteiger partial charge in [-0.3, -0.25) is 0 Å². The summed E-state index contributed by atoms with van der Waals surface area (Å²) in [7, 11) is 1.52. The van der Waals surface area contributed by atoms with Gasteiger partial charge in [-0.15, -0.1) is 0 Å². The lowest BCUT2D eigenvalue weighted by Gasteiger charge is -2.05. The standard InChI is InChI=1S/C7H13N3O3/c1-12-5(4-8)7-9-6(2-3-11)10-13-7/h5,11H,2-4,8H2,1H3. The third-order valence-corrected chi connectivity index (χ3v) is 1.59. The number of hydrogen-bond acceptors (Lipinski definition) is 6. The Bertz CT molecular complexity index is 247. The summed E-state index contributed by atoms with van der Waals surface area (Å²) in [6.07, 6.45) is 0.0183. The van der Waals surface area contributed by atoms with Crippen LogP contribution in [-0.2, 0) is 11.2 Å². The third-order valence-electron chi connectivity index (χ3n) is 1.59. The molecule has 1 unspecified atom stereocenters. The number of nitrogens with two attached hydrogens (primary N) is 1. The van der Waals surface area contributed by atoms with Gasteiger partial charge in [-0.2, -0.15) is 4.98 Å². The lowest BCUT2D eigenvalue weighted by molar-refractivity contribution is 0.0804. The first-order valence-corrected chi connectivity index (χ1v) is 3.98. The number of ether oxygens (including phenoxy) is 1. The van der Waals surface area contributed by atoms with Gasteiger partial charge in [0.1, 0.15) is 6.10 Å². The molecular formula is C7H13N3O3. The molecule has 0 radical (unpaired) electrons. The van der Waals surface area contributed by atoms with Crippen molar-refractivity contribution in [2.24, 2.45) is 5.73 Å². The second-order valence-corrected chi connectivity index (χ2v) is 2.48. The molecular weight excluding hydrogens is 174 g/mol. The van der Waals surface area contributed by atoms with Gasteiger partial charge in [-0.25, -0.2) is 0 Å². The Balaban J connectivity index is 2.66. The Labute approximate surface area is 75.7 Å². The van der Waals surface area contributed by atoms with Crippen molar-refractivity contribution in [3.63, 3.8) is 0 Å². The summed E-state index contributed by atoms with van der Waals surface area (Å²) in [6, 6.07) is 0. The topological polar surface area (TPSA) is 94.4 Å². The van der Waals surface area contributed by atoms with Crippen molar-refractivity contribution >= 4 is 0 Å². The largest absolute Gasteiger partial charge is 0.396 e. The zero-order valence-electron chi connectivity index (χ0n) is 7.43. The van der Waals surface area contributed by atoms with Crippen LogP contribution in [-0.4, -0.2) is 35.5 Å². The van der Waals surface area contributed by atoms with Gasteiger partial charge in [0.05, 0.1) is 6.61 Å². The van der Waals surface area contributed by atoms with E-state index in [4.69, 9.17) is 20.1 Å². The molecule has 1 rings (SSSR count). The fourth-order valence-electron chi connectivity index (χ4n) is 0.898. The fourth-order valence-corrected chi connectivity index (χ4v) is 0.898. The summed E-state index contributed by atoms with van der Waals surface area (Å²) in [4.78, 5) is 4.00. The average molecular weight is 187 g/mol. The summed E-state index contributed by atoms with van der Waals surface area (Å²) in [6.45, 7) is 0.288. The number of methoxy groups -OCH3 is 1. The van der Waals surface area contributed by atoms with Gasteiger partial charge >= 0.3 is 0 Å². The van der Waals surface area contributed by atoms with Crippen LogP contribution < -0.4 is 5.73 Å². The van der Waals surface area contributed by atoms with Gasteiger partial charge in [0.25, 0.3) is 5.89 Å². The second-order valence-electron chi connectivity index (χ2n) is 2.48. The molecule has 0 bridgehead atoms. The monoisotopic (exact) mass is 187 g/mol. The van der Waals surface area contributed by atoms with Crippen LogP contribution in [0.25, 0.3) is 0 Å². The van der Waals surface area contributed by atoms with E-state index in [0.717, 1.165) is 0 Å². The Morgan fingerprint density at radius 3 is 3.00 bits per heavy atom. The summed E-state index contributed by atoms with van der Waals surface area (Å²) >= 11 is 0. The highest BCUT2D eigenvalue weighted by atomic mass is 16.5. The molecule has 6 heteroatoms. The van der Waals surface area contributed by atoms with E-state index in [1.807, 2.05) is 0 Å². The van der Waals surface area contributed by atoms with E-state index in [-0.39, 0.29) is 19.3 Å². The fraction of sp³-hybridized carbons (Fsp3) is 0.714. The molecule has 0 aliphatic heterocycles. The maximum atomic E-state index is 8.60. The van der Waals surface area contributed by atoms with Crippen LogP contribution in [0.1, 0.15) is 17.8 Å². The molecule has 3 N–H and O–H groups in total. The van der Waals surface area contributed by atoms with E-state index >= 15 is 0 Å². The molecule has 0 saturated carbocycles. The number of hydrogen-bond donors (Lipinski definition) is 2. The molecule has 1 atom stereocenters. The first-order chi connectivity index (χ1) is 6.31. The van der Waals surface area contributed by atoms with Crippen molar-refractivity contribution in [3.05, 3.63) is 11.7 Å². The molecule has 74 valence electrons. The van der Waals surface area contributed by atoms with Gasteiger partial charge in [0.2, 0.25) is 0 Å². The molecule has 0 saturated heterocycles. The van der Waals surface area contributed by atoms with Crippen molar-refractivity contribution in [1.82, 2.24) is 10.1 Å². The van der Waals surface area contributed by atoms with Crippen LogP contribution in [0.2, 0.25) is 0 Å².